The maximum Gasteiger partial charge on any atom is 0.234 e. The van der Waals surface area contributed by atoms with Gasteiger partial charge in [0.1, 0.15) is 0 Å². The molecule has 28 heavy (non-hydrogen) atoms. The lowest BCUT2D eigenvalue weighted by molar-refractivity contribution is -0.113. The molecule has 7 heteroatoms. The predicted octanol–water partition coefficient (Wildman–Crippen LogP) is 5.36. The van der Waals surface area contributed by atoms with Crippen LogP contribution in [0.5, 0.6) is 0 Å². The SMILES string of the molecule is CCCn1c(SCC(=O)Nc2cc(Cl)ccc2C)nnc1-c1cccc(C)c1. The van der Waals surface area contributed by atoms with Gasteiger partial charge in [-0.15, -0.1) is 10.2 Å². The van der Waals surface area contributed by atoms with E-state index in [1.807, 2.05) is 25.1 Å². The highest BCUT2D eigenvalue weighted by Gasteiger charge is 2.15. The van der Waals surface area contributed by atoms with E-state index in [4.69, 9.17) is 11.6 Å². The molecule has 1 amide bonds. The summed E-state index contributed by atoms with van der Waals surface area (Å²) in [5.41, 5.74) is 3.91. The van der Waals surface area contributed by atoms with Crippen LogP contribution in [0.2, 0.25) is 5.02 Å². The number of halogens is 1. The minimum atomic E-state index is -0.0986. The summed E-state index contributed by atoms with van der Waals surface area (Å²) in [5, 5.41) is 13.0. The summed E-state index contributed by atoms with van der Waals surface area (Å²) in [5.74, 6) is 0.986. The second-order valence-electron chi connectivity index (χ2n) is 6.62. The number of carbonyl (C=O) groups is 1. The first-order valence-electron chi connectivity index (χ1n) is 9.17. The number of thioether (sulfide) groups is 1. The highest BCUT2D eigenvalue weighted by molar-refractivity contribution is 7.99. The Hall–Kier alpha value is -2.31. The van der Waals surface area contributed by atoms with Crippen LogP contribution in [-0.2, 0) is 11.3 Å². The van der Waals surface area contributed by atoms with Crippen molar-refractivity contribution in [2.45, 2.75) is 38.9 Å². The van der Waals surface area contributed by atoms with Crippen molar-refractivity contribution in [3.63, 3.8) is 0 Å². The molecule has 0 unspecified atom stereocenters. The molecule has 3 aromatic rings. The van der Waals surface area contributed by atoms with E-state index in [-0.39, 0.29) is 11.7 Å². The normalized spacial score (nSPS) is 10.9. The molecule has 0 spiro atoms. The van der Waals surface area contributed by atoms with Gasteiger partial charge in [-0.3, -0.25) is 4.79 Å². The number of aromatic nitrogens is 3. The maximum absolute atomic E-state index is 12.4. The molecule has 0 aliphatic heterocycles. The molecule has 0 aliphatic carbocycles. The highest BCUT2D eigenvalue weighted by Crippen LogP contribution is 2.26. The minimum Gasteiger partial charge on any atom is -0.325 e. The average molecular weight is 415 g/mol. The number of anilines is 1. The molecule has 1 N–H and O–H groups in total. The van der Waals surface area contributed by atoms with Crippen molar-refractivity contribution in [3.05, 3.63) is 58.6 Å². The summed E-state index contributed by atoms with van der Waals surface area (Å²) < 4.78 is 2.08. The van der Waals surface area contributed by atoms with Crippen LogP contribution < -0.4 is 5.32 Å². The van der Waals surface area contributed by atoms with Crippen molar-refractivity contribution in [1.82, 2.24) is 14.8 Å². The minimum absolute atomic E-state index is 0.0986. The second-order valence-corrected chi connectivity index (χ2v) is 8.00. The molecule has 0 atom stereocenters. The molecule has 0 radical (unpaired) electrons. The lowest BCUT2D eigenvalue weighted by atomic mass is 10.1. The summed E-state index contributed by atoms with van der Waals surface area (Å²) in [6, 6.07) is 13.7. The standard InChI is InChI=1S/C21H23ClN4OS/c1-4-10-26-20(16-7-5-6-14(2)11-16)24-25-21(26)28-13-19(27)23-18-12-17(22)9-8-15(18)3/h5-9,11-12H,4,10,13H2,1-3H3,(H,23,27). The number of nitrogens with zero attached hydrogens (tertiary/aromatic N) is 3. The smallest absolute Gasteiger partial charge is 0.234 e. The molecule has 0 aliphatic rings. The lowest BCUT2D eigenvalue weighted by Crippen LogP contribution is -2.15. The van der Waals surface area contributed by atoms with Gasteiger partial charge in [0.2, 0.25) is 5.91 Å². The molecule has 1 aromatic heterocycles. The summed E-state index contributed by atoms with van der Waals surface area (Å²) >= 11 is 7.41. The highest BCUT2D eigenvalue weighted by atomic mass is 35.5. The number of rotatable bonds is 7. The third kappa shape index (κ3) is 4.94. The molecular weight excluding hydrogens is 392 g/mol. The largest absolute Gasteiger partial charge is 0.325 e. The van der Waals surface area contributed by atoms with Gasteiger partial charge in [0.15, 0.2) is 11.0 Å². The number of benzene rings is 2. The van der Waals surface area contributed by atoms with Gasteiger partial charge < -0.3 is 9.88 Å². The Morgan fingerprint density at radius 3 is 2.75 bits per heavy atom. The fraction of sp³-hybridized carbons (Fsp3) is 0.286. The fourth-order valence-corrected chi connectivity index (χ4v) is 3.80. The maximum atomic E-state index is 12.4. The Morgan fingerprint density at radius 1 is 1.18 bits per heavy atom. The second kappa shape index (κ2) is 9.26. The molecule has 0 bridgehead atoms. The number of amides is 1. The molecule has 3 rings (SSSR count). The van der Waals surface area contributed by atoms with Gasteiger partial charge in [0.25, 0.3) is 0 Å². The van der Waals surface area contributed by atoms with Crippen LogP contribution >= 0.6 is 23.4 Å². The molecule has 0 saturated heterocycles. The van der Waals surface area contributed by atoms with E-state index in [0.717, 1.165) is 40.8 Å². The summed E-state index contributed by atoms with van der Waals surface area (Å²) in [7, 11) is 0. The molecule has 1 heterocycles. The van der Waals surface area contributed by atoms with Crippen molar-refractivity contribution in [1.29, 1.82) is 0 Å². The van der Waals surface area contributed by atoms with Crippen molar-refractivity contribution >= 4 is 35.0 Å². The van der Waals surface area contributed by atoms with Gasteiger partial charge in [-0.05, 0) is 44.0 Å². The molecule has 0 fully saturated rings. The van der Waals surface area contributed by atoms with Crippen LogP contribution in [0.4, 0.5) is 5.69 Å². The van der Waals surface area contributed by atoms with Gasteiger partial charge >= 0.3 is 0 Å². The first-order valence-corrected chi connectivity index (χ1v) is 10.5. The van der Waals surface area contributed by atoms with E-state index in [0.29, 0.717) is 5.02 Å². The first-order chi connectivity index (χ1) is 13.5. The Bertz CT molecular complexity index is 986. The number of hydrogen-bond donors (Lipinski definition) is 1. The van der Waals surface area contributed by atoms with E-state index < -0.39 is 0 Å². The Morgan fingerprint density at radius 2 is 2.00 bits per heavy atom. The predicted molar refractivity (Wildman–Crippen MR) is 116 cm³/mol. The molecule has 0 saturated carbocycles. The Kier molecular flexibility index (Phi) is 6.75. The molecule has 5 nitrogen and oxygen atoms in total. The van der Waals surface area contributed by atoms with Crippen molar-refractivity contribution in [2.75, 3.05) is 11.1 Å². The van der Waals surface area contributed by atoms with Crippen LogP contribution in [0.3, 0.4) is 0 Å². The van der Waals surface area contributed by atoms with Crippen LogP contribution in [0.25, 0.3) is 11.4 Å². The number of carbonyl (C=O) groups excluding carboxylic acids is 1. The van der Waals surface area contributed by atoms with Crippen LogP contribution in [0.15, 0.2) is 47.6 Å². The van der Waals surface area contributed by atoms with E-state index in [9.17, 15) is 4.79 Å². The van der Waals surface area contributed by atoms with E-state index >= 15 is 0 Å². The number of hydrogen-bond acceptors (Lipinski definition) is 4. The number of nitrogens with one attached hydrogen (secondary N) is 1. The average Bonchev–Trinajstić information content (AvgIpc) is 3.06. The lowest BCUT2D eigenvalue weighted by Gasteiger charge is -2.10. The van der Waals surface area contributed by atoms with Gasteiger partial charge in [0.05, 0.1) is 5.75 Å². The molecule has 146 valence electrons. The van der Waals surface area contributed by atoms with E-state index in [1.54, 1.807) is 12.1 Å². The monoisotopic (exact) mass is 414 g/mol. The van der Waals surface area contributed by atoms with Crippen molar-refractivity contribution in [2.24, 2.45) is 0 Å². The van der Waals surface area contributed by atoms with Crippen molar-refractivity contribution in [3.8, 4) is 11.4 Å². The topological polar surface area (TPSA) is 59.8 Å². The van der Waals surface area contributed by atoms with Gasteiger partial charge in [0, 0.05) is 22.8 Å². The number of aryl methyl sites for hydroxylation is 2. The zero-order valence-electron chi connectivity index (χ0n) is 16.2. The Balaban J connectivity index is 1.73. The van der Waals surface area contributed by atoms with Gasteiger partial charge in [-0.25, -0.2) is 0 Å². The zero-order chi connectivity index (χ0) is 20.1. The van der Waals surface area contributed by atoms with E-state index in [2.05, 4.69) is 46.1 Å². The first kappa shape index (κ1) is 20.4. The third-order valence-electron chi connectivity index (χ3n) is 4.25. The van der Waals surface area contributed by atoms with Crippen LogP contribution in [0, 0.1) is 13.8 Å². The van der Waals surface area contributed by atoms with Crippen LogP contribution in [0.1, 0.15) is 24.5 Å². The fourth-order valence-electron chi connectivity index (χ4n) is 2.86. The molecule has 2 aromatic carbocycles. The van der Waals surface area contributed by atoms with Crippen LogP contribution in [-0.4, -0.2) is 26.4 Å². The van der Waals surface area contributed by atoms with Crippen molar-refractivity contribution < 1.29 is 4.79 Å². The van der Waals surface area contributed by atoms with E-state index in [1.165, 1.54) is 17.3 Å². The summed E-state index contributed by atoms with van der Waals surface area (Å²) in [6.45, 7) is 6.91. The quantitative estimate of drug-likeness (QED) is 0.529. The summed E-state index contributed by atoms with van der Waals surface area (Å²) in [4.78, 5) is 12.4. The molecular formula is C21H23ClN4OS. The zero-order valence-corrected chi connectivity index (χ0v) is 17.8. The Labute approximate surface area is 174 Å². The third-order valence-corrected chi connectivity index (χ3v) is 5.45. The van der Waals surface area contributed by atoms with Gasteiger partial charge in [-0.2, -0.15) is 0 Å². The summed E-state index contributed by atoms with van der Waals surface area (Å²) in [6.07, 6.45) is 0.957. The van der Waals surface area contributed by atoms with Gasteiger partial charge in [-0.1, -0.05) is 60.1 Å².